The van der Waals surface area contributed by atoms with E-state index in [0.29, 0.717) is 18.4 Å². The minimum absolute atomic E-state index is 0.173. The van der Waals surface area contributed by atoms with E-state index in [9.17, 15) is 9.18 Å². The van der Waals surface area contributed by atoms with Crippen LogP contribution in [0, 0.1) is 5.82 Å². The summed E-state index contributed by atoms with van der Waals surface area (Å²) in [6.45, 7) is 0.457. The second-order valence-corrected chi connectivity index (χ2v) is 7.15. The lowest BCUT2D eigenvalue weighted by molar-refractivity contribution is -0.151. The van der Waals surface area contributed by atoms with Crippen molar-refractivity contribution >= 4 is 21.9 Å². The molecule has 25 heavy (non-hydrogen) atoms. The van der Waals surface area contributed by atoms with Gasteiger partial charge in [-0.15, -0.1) is 0 Å². The van der Waals surface area contributed by atoms with E-state index in [1.54, 1.807) is 6.07 Å². The van der Waals surface area contributed by atoms with Crippen molar-refractivity contribution in [2.45, 2.75) is 31.1 Å². The quantitative estimate of drug-likeness (QED) is 0.498. The van der Waals surface area contributed by atoms with Crippen LogP contribution < -0.4 is 4.74 Å². The third-order valence-electron chi connectivity index (χ3n) is 4.62. The Bertz CT molecular complexity index is 724. The Morgan fingerprint density at radius 2 is 1.80 bits per heavy atom. The third-order valence-corrected chi connectivity index (χ3v) is 5.15. The Morgan fingerprint density at radius 1 is 1.08 bits per heavy atom. The molecule has 1 aliphatic rings. The normalized spacial score (nSPS) is 15.8. The molecule has 0 heterocycles. The minimum atomic E-state index is -0.723. The second kappa shape index (κ2) is 8.00. The molecule has 1 saturated carbocycles. The number of carbonyl (C=O) groups is 1. The first-order chi connectivity index (χ1) is 12.1. The predicted octanol–water partition coefficient (Wildman–Crippen LogP) is 5.02. The molecule has 3 rings (SSSR count). The number of ether oxygens (including phenoxy) is 2. The van der Waals surface area contributed by atoms with E-state index >= 15 is 0 Å². The van der Waals surface area contributed by atoms with E-state index in [0.717, 1.165) is 23.1 Å². The molecule has 1 aliphatic carbocycles. The first-order valence-corrected chi connectivity index (χ1v) is 9.21. The number of hydrogen-bond donors (Lipinski definition) is 0. The van der Waals surface area contributed by atoms with Gasteiger partial charge in [0.25, 0.3) is 0 Å². The zero-order valence-electron chi connectivity index (χ0n) is 13.8. The van der Waals surface area contributed by atoms with Gasteiger partial charge in [0.15, 0.2) is 0 Å². The average Bonchev–Trinajstić information content (AvgIpc) is 3.11. The summed E-state index contributed by atoms with van der Waals surface area (Å²) in [4.78, 5) is 12.7. The zero-order chi connectivity index (χ0) is 17.7. The predicted molar refractivity (Wildman–Crippen MR) is 97.1 cm³/mol. The summed E-state index contributed by atoms with van der Waals surface area (Å²) in [5.74, 6) is 0.116. The maximum atomic E-state index is 13.6. The van der Waals surface area contributed by atoms with Gasteiger partial charge in [-0.25, -0.2) is 4.39 Å². The van der Waals surface area contributed by atoms with Crippen LogP contribution in [0.4, 0.5) is 4.39 Å². The van der Waals surface area contributed by atoms with Crippen molar-refractivity contribution in [3.05, 3.63) is 64.4 Å². The Labute approximate surface area is 155 Å². The number of halogens is 2. The Hall–Kier alpha value is -1.88. The molecule has 0 atom stereocenters. The van der Waals surface area contributed by atoms with Gasteiger partial charge in [0, 0.05) is 4.47 Å². The third kappa shape index (κ3) is 4.21. The molecule has 1 fully saturated rings. The summed E-state index contributed by atoms with van der Waals surface area (Å²) in [6.07, 6.45) is 3.29. The maximum Gasteiger partial charge on any atom is 0.316 e. The van der Waals surface area contributed by atoms with Crippen LogP contribution in [0.3, 0.4) is 0 Å². The SMILES string of the molecule is O=C(OCCOc1ccc(Br)cc1)C1(c2cccc(F)c2)CCCC1. The fraction of sp³-hybridized carbons (Fsp3) is 0.350. The van der Waals surface area contributed by atoms with Crippen LogP contribution in [0.1, 0.15) is 31.2 Å². The van der Waals surface area contributed by atoms with Gasteiger partial charge in [0.2, 0.25) is 0 Å². The van der Waals surface area contributed by atoms with Crippen molar-refractivity contribution in [3.8, 4) is 5.75 Å². The van der Waals surface area contributed by atoms with Gasteiger partial charge in [-0.05, 0) is 54.8 Å². The lowest BCUT2D eigenvalue weighted by atomic mass is 9.79. The van der Waals surface area contributed by atoms with E-state index in [-0.39, 0.29) is 25.0 Å². The van der Waals surface area contributed by atoms with Crippen molar-refractivity contribution in [2.24, 2.45) is 0 Å². The molecule has 2 aromatic carbocycles. The molecule has 3 nitrogen and oxygen atoms in total. The molecular weight excluding hydrogens is 387 g/mol. The summed E-state index contributed by atoms with van der Waals surface area (Å²) in [5, 5.41) is 0. The number of hydrogen-bond acceptors (Lipinski definition) is 3. The van der Waals surface area contributed by atoms with Crippen LogP contribution in [-0.4, -0.2) is 19.2 Å². The summed E-state index contributed by atoms with van der Waals surface area (Å²) in [7, 11) is 0. The highest BCUT2D eigenvalue weighted by Crippen LogP contribution is 2.42. The lowest BCUT2D eigenvalue weighted by Crippen LogP contribution is -2.35. The summed E-state index contributed by atoms with van der Waals surface area (Å²) >= 11 is 3.37. The van der Waals surface area contributed by atoms with Gasteiger partial charge < -0.3 is 9.47 Å². The fourth-order valence-electron chi connectivity index (χ4n) is 3.34. The topological polar surface area (TPSA) is 35.5 Å². The minimum Gasteiger partial charge on any atom is -0.490 e. The smallest absolute Gasteiger partial charge is 0.316 e. The zero-order valence-corrected chi connectivity index (χ0v) is 15.4. The van der Waals surface area contributed by atoms with Crippen LogP contribution >= 0.6 is 15.9 Å². The molecule has 2 aromatic rings. The van der Waals surface area contributed by atoms with E-state index < -0.39 is 5.41 Å². The molecule has 0 aromatic heterocycles. The molecule has 0 bridgehead atoms. The van der Waals surface area contributed by atoms with Crippen molar-refractivity contribution in [2.75, 3.05) is 13.2 Å². The lowest BCUT2D eigenvalue weighted by Gasteiger charge is -2.27. The van der Waals surface area contributed by atoms with Crippen LogP contribution in [-0.2, 0) is 14.9 Å². The first kappa shape index (κ1) is 17.9. The van der Waals surface area contributed by atoms with Gasteiger partial charge in [-0.3, -0.25) is 4.79 Å². The van der Waals surface area contributed by atoms with Crippen LogP contribution in [0.5, 0.6) is 5.75 Å². The molecule has 132 valence electrons. The second-order valence-electron chi connectivity index (χ2n) is 6.24. The van der Waals surface area contributed by atoms with E-state index in [1.807, 2.05) is 30.3 Å². The number of esters is 1. The van der Waals surface area contributed by atoms with Crippen molar-refractivity contribution in [1.82, 2.24) is 0 Å². The Balaban J connectivity index is 1.59. The van der Waals surface area contributed by atoms with Gasteiger partial charge in [0.1, 0.15) is 24.8 Å². The Morgan fingerprint density at radius 3 is 2.48 bits per heavy atom. The summed E-state index contributed by atoms with van der Waals surface area (Å²) < 4.78 is 25.6. The molecule has 0 spiro atoms. The van der Waals surface area contributed by atoms with Gasteiger partial charge in [0.05, 0.1) is 5.41 Å². The maximum absolute atomic E-state index is 13.6. The molecule has 0 unspecified atom stereocenters. The monoisotopic (exact) mass is 406 g/mol. The van der Waals surface area contributed by atoms with Crippen molar-refractivity contribution in [3.63, 3.8) is 0 Å². The average molecular weight is 407 g/mol. The number of carbonyl (C=O) groups excluding carboxylic acids is 1. The number of benzene rings is 2. The van der Waals surface area contributed by atoms with Crippen LogP contribution in [0.15, 0.2) is 53.0 Å². The van der Waals surface area contributed by atoms with E-state index in [4.69, 9.17) is 9.47 Å². The molecule has 0 aliphatic heterocycles. The van der Waals surface area contributed by atoms with E-state index in [1.165, 1.54) is 12.1 Å². The summed E-state index contributed by atoms with van der Waals surface area (Å²) in [5.41, 5.74) is -0.0106. The molecule has 0 N–H and O–H groups in total. The van der Waals surface area contributed by atoms with Gasteiger partial charge >= 0.3 is 5.97 Å². The van der Waals surface area contributed by atoms with Crippen molar-refractivity contribution in [1.29, 1.82) is 0 Å². The highest BCUT2D eigenvalue weighted by atomic mass is 79.9. The summed E-state index contributed by atoms with van der Waals surface area (Å²) in [6, 6.07) is 13.8. The highest BCUT2D eigenvalue weighted by Gasteiger charge is 2.44. The van der Waals surface area contributed by atoms with Gasteiger partial charge in [-0.1, -0.05) is 40.9 Å². The number of rotatable bonds is 6. The first-order valence-electron chi connectivity index (χ1n) is 8.42. The van der Waals surface area contributed by atoms with Gasteiger partial charge in [-0.2, -0.15) is 0 Å². The molecular formula is C20H20BrFO3. The standard InChI is InChI=1S/C20H20BrFO3/c21-16-6-8-18(9-7-16)24-12-13-25-19(23)20(10-1-2-11-20)15-4-3-5-17(22)14-15/h3-9,14H,1-2,10-13H2. The molecule has 5 heteroatoms. The van der Waals surface area contributed by atoms with Crippen molar-refractivity contribution < 1.29 is 18.7 Å². The largest absolute Gasteiger partial charge is 0.490 e. The highest BCUT2D eigenvalue weighted by molar-refractivity contribution is 9.10. The fourth-order valence-corrected chi connectivity index (χ4v) is 3.60. The molecule has 0 saturated heterocycles. The van der Waals surface area contributed by atoms with Crippen LogP contribution in [0.25, 0.3) is 0 Å². The van der Waals surface area contributed by atoms with Crippen LogP contribution in [0.2, 0.25) is 0 Å². The Kier molecular flexibility index (Phi) is 5.74. The molecule has 0 amide bonds. The molecule has 0 radical (unpaired) electrons. The van der Waals surface area contributed by atoms with E-state index in [2.05, 4.69) is 15.9 Å².